The zero-order valence-electron chi connectivity index (χ0n) is 20.4. The van der Waals surface area contributed by atoms with Gasteiger partial charge in [-0.15, -0.1) is 0 Å². The van der Waals surface area contributed by atoms with Crippen LogP contribution in [0.4, 0.5) is 0 Å². The molecule has 0 saturated carbocycles. The topological polar surface area (TPSA) is 82.9 Å². The van der Waals surface area contributed by atoms with Crippen LogP contribution >= 0.6 is 11.6 Å². The van der Waals surface area contributed by atoms with Crippen LogP contribution in [-0.4, -0.2) is 54.4 Å². The molecule has 4 rings (SSSR count). The zero-order chi connectivity index (χ0) is 25.3. The maximum absolute atomic E-state index is 13.6. The molecule has 8 nitrogen and oxygen atoms in total. The Labute approximate surface area is 209 Å². The summed E-state index contributed by atoms with van der Waals surface area (Å²) in [7, 11) is 4.48. The number of hydrogen-bond donors (Lipinski definition) is 0. The number of hydrogen-bond acceptors (Lipinski definition) is 6. The molecule has 3 aromatic rings. The molecule has 2 aromatic carbocycles. The molecule has 9 heteroatoms. The highest BCUT2D eigenvalue weighted by molar-refractivity contribution is 6.31. The van der Waals surface area contributed by atoms with E-state index in [0.29, 0.717) is 35.1 Å². The maximum atomic E-state index is 13.6. The van der Waals surface area contributed by atoms with Crippen LogP contribution < -0.4 is 9.47 Å². The molecule has 0 fully saturated rings. The third-order valence-electron chi connectivity index (χ3n) is 6.41. The van der Waals surface area contributed by atoms with Gasteiger partial charge in [-0.3, -0.25) is 9.59 Å². The van der Waals surface area contributed by atoms with Crippen molar-refractivity contribution < 1.29 is 23.8 Å². The minimum Gasteiger partial charge on any atom is -0.493 e. The normalized spacial score (nSPS) is 14.9. The highest BCUT2D eigenvalue weighted by Gasteiger charge is 2.34. The molecule has 0 spiro atoms. The van der Waals surface area contributed by atoms with E-state index in [2.05, 4.69) is 5.10 Å². The number of amides is 1. The maximum Gasteiger partial charge on any atom is 0.307 e. The van der Waals surface area contributed by atoms with Gasteiger partial charge < -0.3 is 19.1 Å². The Morgan fingerprint density at radius 2 is 1.71 bits per heavy atom. The molecule has 0 unspecified atom stereocenters. The van der Waals surface area contributed by atoms with Gasteiger partial charge in [-0.25, -0.2) is 4.68 Å². The Balaban J connectivity index is 1.68. The molecule has 0 aliphatic carbocycles. The number of nitrogens with zero attached hydrogens (tertiary/aromatic N) is 3. The lowest BCUT2D eigenvalue weighted by Crippen LogP contribution is -2.41. The number of benzene rings is 2. The minimum absolute atomic E-state index is 0.0348. The Bertz CT molecular complexity index is 1270. The van der Waals surface area contributed by atoms with Gasteiger partial charge in [0.1, 0.15) is 0 Å². The Morgan fingerprint density at radius 1 is 1.06 bits per heavy atom. The van der Waals surface area contributed by atoms with Crippen molar-refractivity contribution in [2.45, 2.75) is 32.7 Å². The van der Waals surface area contributed by atoms with Crippen molar-refractivity contribution in [2.24, 2.45) is 0 Å². The summed E-state index contributed by atoms with van der Waals surface area (Å²) in [5, 5.41) is 5.09. The standard InChI is InChI=1S/C26H28ClN3O5/c1-15-25(27)16(2)30(28-15)19-8-6-17(7-9-19)26(32)29-11-10-18-12-22(33-3)23(34-4)13-20(18)21(29)14-24(31)35-5/h6-9,12-13,21H,10-11,14H2,1-5H3/t21-/m0/s1. The summed E-state index contributed by atoms with van der Waals surface area (Å²) in [4.78, 5) is 27.6. The lowest BCUT2D eigenvalue weighted by molar-refractivity contribution is -0.141. The largest absolute Gasteiger partial charge is 0.493 e. The number of esters is 1. The third-order valence-corrected chi connectivity index (χ3v) is 6.96. The predicted molar refractivity (Wildman–Crippen MR) is 132 cm³/mol. The molecular weight excluding hydrogens is 470 g/mol. The lowest BCUT2D eigenvalue weighted by atomic mass is 9.89. The van der Waals surface area contributed by atoms with E-state index in [0.717, 1.165) is 28.2 Å². The van der Waals surface area contributed by atoms with E-state index < -0.39 is 12.0 Å². The second-order valence-electron chi connectivity index (χ2n) is 8.39. The van der Waals surface area contributed by atoms with Gasteiger partial charge in [0.15, 0.2) is 11.5 Å². The van der Waals surface area contributed by atoms with Crippen LogP contribution in [0.1, 0.15) is 45.3 Å². The Morgan fingerprint density at radius 3 is 2.29 bits per heavy atom. The number of halogens is 1. The summed E-state index contributed by atoms with van der Waals surface area (Å²) in [6.45, 7) is 4.20. The van der Waals surface area contributed by atoms with E-state index in [9.17, 15) is 9.59 Å². The van der Waals surface area contributed by atoms with E-state index >= 15 is 0 Å². The number of carbonyl (C=O) groups is 2. The molecule has 0 bridgehead atoms. The average molecular weight is 498 g/mol. The molecule has 2 heterocycles. The average Bonchev–Trinajstić information content (AvgIpc) is 3.14. The van der Waals surface area contributed by atoms with Crippen molar-refractivity contribution >= 4 is 23.5 Å². The van der Waals surface area contributed by atoms with Crippen LogP contribution in [0.25, 0.3) is 5.69 Å². The highest BCUT2D eigenvalue weighted by atomic mass is 35.5. The molecule has 1 aliphatic heterocycles. The van der Waals surface area contributed by atoms with Gasteiger partial charge in [0, 0.05) is 12.1 Å². The predicted octanol–water partition coefficient (Wildman–Crippen LogP) is 4.46. The quantitative estimate of drug-likeness (QED) is 0.467. The fraction of sp³-hybridized carbons (Fsp3) is 0.346. The van der Waals surface area contributed by atoms with Gasteiger partial charge in [0.25, 0.3) is 5.91 Å². The van der Waals surface area contributed by atoms with Crippen molar-refractivity contribution in [2.75, 3.05) is 27.9 Å². The molecule has 1 aromatic heterocycles. The Hall–Kier alpha value is -3.52. The van der Waals surface area contributed by atoms with Crippen molar-refractivity contribution in [1.29, 1.82) is 0 Å². The zero-order valence-corrected chi connectivity index (χ0v) is 21.2. The van der Waals surface area contributed by atoms with E-state index in [1.165, 1.54) is 7.11 Å². The SMILES string of the molecule is COC(=O)C[C@H]1c2cc(OC)c(OC)cc2CCN1C(=O)c1ccc(-n2nc(C)c(Cl)c2C)cc1. The molecule has 0 N–H and O–H groups in total. The second-order valence-corrected chi connectivity index (χ2v) is 8.77. The third kappa shape index (κ3) is 4.58. The van der Waals surface area contributed by atoms with Gasteiger partial charge in [-0.1, -0.05) is 11.6 Å². The fourth-order valence-corrected chi connectivity index (χ4v) is 4.64. The van der Waals surface area contributed by atoms with Gasteiger partial charge in [-0.05, 0) is 67.8 Å². The number of rotatable bonds is 6. The summed E-state index contributed by atoms with van der Waals surface area (Å²) in [6, 6.07) is 10.5. The van der Waals surface area contributed by atoms with Crippen LogP contribution in [0.3, 0.4) is 0 Å². The second kappa shape index (κ2) is 10.00. The summed E-state index contributed by atoms with van der Waals surface area (Å²) in [5.41, 5.74) is 4.76. The number of aryl methyl sites for hydroxylation is 1. The summed E-state index contributed by atoms with van der Waals surface area (Å²) < 4.78 is 17.6. The monoisotopic (exact) mass is 497 g/mol. The van der Waals surface area contributed by atoms with Crippen LogP contribution in [0.5, 0.6) is 11.5 Å². The van der Waals surface area contributed by atoms with Gasteiger partial charge >= 0.3 is 5.97 Å². The smallest absolute Gasteiger partial charge is 0.307 e. The molecule has 1 atom stereocenters. The molecule has 1 amide bonds. The van der Waals surface area contributed by atoms with Crippen molar-refractivity contribution in [3.05, 3.63) is 69.5 Å². The molecular formula is C26H28ClN3O5. The Kier molecular flexibility index (Phi) is 7.03. The molecule has 0 radical (unpaired) electrons. The molecule has 35 heavy (non-hydrogen) atoms. The number of carbonyl (C=O) groups excluding carboxylic acids is 2. The fourth-order valence-electron chi connectivity index (χ4n) is 4.52. The van der Waals surface area contributed by atoms with Crippen molar-refractivity contribution in [1.82, 2.24) is 14.7 Å². The first-order valence-corrected chi connectivity index (χ1v) is 11.6. The van der Waals surface area contributed by atoms with E-state index in [4.69, 9.17) is 25.8 Å². The van der Waals surface area contributed by atoms with Crippen LogP contribution in [-0.2, 0) is 16.0 Å². The number of aromatic nitrogens is 2. The number of ether oxygens (including phenoxy) is 3. The highest BCUT2D eigenvalue weighted by Crippen LogP contribution is 2.40. The van der Waals surface area contributed by atoms with Gasteiger partial charge in [0.2, 0.25) is 0 Å². The molecule has 184 valence electrons. The summed E-state index contributed by atoms with van der Waals surface area (Å²) in [5.74, 6) is 0.593. The van der Waals surface area contributed by atoms with E-state index in [1.54, 1.807) is 35.9 Å². The van der Waals surface area contributed by atoms with Crippen molar-refractivity contribution in [3.63, 3.8) is 0 Å². The van der Waals surface area contributed by atoms with E-state index in [-0.39, 0.29) is 12.3 Å². The number of fused-ring (bicyclic) bond motifs is 1. The summed E-state index contributed by atoms with van der Waals surface area (Å²) in [6.07, 6.45) is 0.661. The van der Waals surface area contributed by atoms with Gasteiger partial charge in [-0.2, -0.15) is 5.10 Å². The summed E-state index contributed by atoms with van der Waals surface area (Å²) >= 11 is 6.28. The number of methoxy groups -OCH3 is 3. The van der Waals surface area contributed by atoms with Crippen LogP contribution in [0, 0.1) is 13.8 Å². The lowest BCUT2D eigenvalue weighted by Gasteiger charge is -2.37. The van der Waals surface area contributed by atoms with Gasteiger partial charge in [0.05, 0.1) is 55.9 Å². The first-order chi connectivity index (χ1) is 16.8. The minimum atomic E-state index is -0.493. The molecule has 0 saturated heterocycles. The van der Waals surface area contributed by atoms with Crippen LogP contribution in [0.15, 0.2) is 36.4 Å². The van der Waals surface area contributed by atoms with E-state index in [1.807, 2.05) is 38.1 Å². The van der Waals surface area contributed by atoms with Crippen LogP contribution in [0.2, 0.25) is 5.02 Å². The molecule has 1 aliphatic rings. The first-order valence-electron chi connectivity index (χ1n) is 11.2. The first kappa shape index (κ1) is 24.6. The van der Waals surface area contributed by atoms with Crippen molar-refractivity contribution in [3.8, 4) is 17.2 Å².